The van der Waals surface area contributed by atoms with Crippen molar-refractivity contribution in [3.05, 3.63) is 11.4 Å². The van der Waals surface area contributed by atoms with E-state index in [9.17, 15) is 13.0 Å². The van der Waals surface area contributed by atoms with Gasteiger partial charge < -0.3 is 9.79 Å². The Bertz CT molecular complexity index is 391. The molecule has 1 atom stereocenters. The van der Waals surface area contributed by atoms with Crippen LogP contribution in [-0.4, -0.2) is 28.0 Å². The van der Waals surface area contributed by atoms with E-state index in [2.05, 4.69) is 0 Å². The molecular weight excluding hydrogens is 231 g/mol. The Morgan fingerprint density at radius 1 is 1.43 bits per heavy atom. The molecule has 0 bridgehead atoms. The molecule has 0 fully saturated rings. The van der Waals surface area contributed by atoms with Crippen LogP contribution in [0.2, 0.25) is 0 Å². The Morgan fingerprint density at radius 3 is 2.29 bits per heavy atom. The van der Waals surface area contributed by atoms with Crippen molar-refractivity contribution in [2.45, 2.75) is 24.5 Å². The molecular formula is C6H11O6PS. The van der Waals surface area contributed by atoms with Gasteiger partial charge in [-0.1, -0.05) is 6.08 Å². The zero-order chi connectivity index (χ0) is 11.0. The highest BCUT2D eigenvalue weighted by atomic mass is 32.2. The third kappa shape index (κ3) is 2.90. The summed E-state index contributed by atoms with van der Waals surface area (Å²) in [6.07, 6.45) is 1.21. The Morgan fingerprint density at radius 2 is 2.00 bits per heavy atom. The summed E-state index contributed by atoms with van der Waals surface area (Å²) in [4.78, 5) is 17.5. The van der Waals surface area contributed by atoms with Crippen LogP contribution in [0.5, 0.6) is 0 Å². The summed E-state index contributed by atoms with van der Waals surface area (Å²) in [6, 6.07) is 0. The Hall–Kier alpha value is -0.200. The van der Waals surface area contributed by atoms with Gasteiger partial charge in [0.1, 0.15) is 0 Å². The zero-order valence-corrected chi connectivity index (χ0v) is 8.91. The zero-order valence-electron chi connectivity index (χ0n) is 7.20. The molecule has 0 amide bonds. The molecule has 0 aromatic carbocycles. The molecule has 1 rings (SSSR count). The summed E-state index contributed by atoms with van der Waals surface area (Å²) in [6.45, 7) is 0. The van der Waals surface area contributed by atoms with Crippen molar-refractivity contribution in [3.63, 3.8) is 0 Å². The first-order valence-corrected chi connectivity index (χ1v) is 7.04. The predicted molar refractivity (Wildman–Crippen MR) is 49.3 cm³/mol. The fraction of sp³-hybridized carbons (Fsp3) is 0.667. The van der Waals surface area contributed by atoms with E-state index in [0.29, 0.717) is 0 Å². The normalized spacial score (nSPS) is 24.5. The van der Waals surface area contributed by atoms with E-state index >= 15 is 0 Å². The van der Waals surface area contributed by atoms with Crippen LogP contribution in [0, 0.1) is 0 Å². The smallest absolute Gasteiger partial charge is 0.321 e. The molecule has 0 radical (unpaired) electrons. The lowest BCUT2D eigenvalue weighted by molar-refractivity contribution is 0.377. The number of allylic oxidation sites excluding steroid dienone is 2. The molecule has 0 saturated heterocycles. The minimum Gasteiger partial charge on any atom is -0.321 e. The highest BCUT2D eigenvalue weighted by Gasteiger charge is 2.30. The maximum absolute atomic E-state index is 10.8. The lowest BCUT2D eigenvalue weighted by Crippen LogP contribution is -2.22. The van der Waals surface area contributed by atoms with E-state index in [0.717, 1.165) is 0 Å². The quantitative estimate of drug-likeness (QED) is 0.480. The second-order valence-corrected chi connectivity index (χ2v) is 6.51. The molecule has 8 heteroatoms. The average Bonchev–Trinajstić information content (AvgIpc) is 2.01. The van der Waals surface area contributed by atoms with Crippen molar-refractivity contribution in [2.24, 2.45) is 0 Å². The molecule has 1 unspecified atom stereocenters. The van der Waals surface area contributed by atoms with Gasteiger partial charge in [0, 0.05) is 5.31 Å². The number of hydrogen-bond acceptors (Lipinski definition) is 3. The number of hydrogen-bond donors (Lipinski definition) is 3. The third-order valence-electron chi connectivity index (χ3n) is 2.13. The first-order chi connectivity index (χ1) is 6.21. The van der Waals surface area contributed by atoms with Gasteiger partial charge in [0.15, 0.2) is 0 Å². The van der Waals surface area contributed by atoms with E-state index in [1.807, 2.05) is 0 Å². The lowest BCUT2D eigenvalue weighted by atomic mass is 10.1. The maximum atomic E-state index is 10.8. The van der Waals surface area contributed by atoms with Crippen LogP contribution in [0.3, 0.4) is 0 Å². The fourth-order valence-electron chi connectivity index (χ4n) is 1.33. The van der Waals surface area contributed by atoms with Crippen LogP contribution in [-0.2, 0) is 14.7 Å². The minimum absolute atomic E-state index is 0.00867. The van der Waals surface area contributed by atoms with E-state index < -0.39 is 23.0 Å². The average molecular weight is 242 g/mol. The van der Waals surface area contributed by atoms with Gasteiger partial charge in [-0.25, -0.2) is 0 Å². The maximum Gasteiger partial charge on any atom is 0.351 e. The Balaban J connectivity index is 2.80. The molecule has 3 N–H and O–H groups in total. The van der Waals surface area contributed by atoms with Gasteiger partial charge in [-0.15, -0.1) is 0 Å². The van der Waals surface area contributed by atoms with Gasteiger partial charge >= 0.3 is 7.60 Å². The molecule has 14 heavy (non-hydrogen) atoms. The molecule has 1 aliphatic rings. The standard InChI is InChI=1S/C6H11O6PS/c7-13(8,9)5-1-3-6(4-2-5)14(10,11)12/h1,6H,2-4H2,(H2,7,8,9)(H,10,11,12). The molecule has 1 aliphatic carbocycles. The summed E-state index contributed by atoms with van der Waals surface area (Å²) < 4.78 is 40.8. The summed E-state index contributed by atoms with van der Waals surface area (Å²) >= 11 is 0. The van der Waals surface area contributed by atoms with Crippen molar-refractivity contribution in [1.29, 1.82) is 0 Å². The van der Waals surface area contributed by atoms with Crippen LogP contribution < -0.4 is 0 Å². The van der Waals surface area contributed by atoms with Crippen molar-refractivity contribution in [1.82, 2.24) is 0 Å². The summed E-state index contributed by atoms with van der Waals surface area (Å²) in [5.74, 6) is 0. The van der Waals surface area contributed by atoms with E-state index in [-0.39, 0.29) is 24.6 Å². The Labute approximate surface area is 81.5 Å². The van der Waals surface area contributed by atoms with Crippen LogP contribution in [0.1, 0.15) is 19.3 Å². The molecule has 6 nitrogen and oxygen atoms in total. The van der Waals surface area contributed by atoms with Crippen molar-refractivity contribution < 1.29 is 27.3 Å². The summed E-state index contributed by atoms with van der Waals surface area (Å²) in [5, 5.41) is -0.977. The van der Waals surface area contributed by atoms with Gasteiger partial charge in [0.05, 0.1) is 5.25 Å². The molecule has 0 saturated carbocycles. The van der Waals surface area contributed by atoms with Gasteiger partial charge in [-0.2, -0.15) is 8.42 Å². The Kier molecular flexibility index (Phi) is 3.18. The van der Waals surface area contributed by atoms with Crippen LogP contribution in [0.25, 0.3) is 0 Å². The van der Waals surface area contributed by atoms with E-state index in [4.69, 9.17) is 14.3 Å². The monoisotopic (exact) mass is 242 g/mol. The number of rotatable bonds is 2. The largest absolute Gasteiger partial charge is 0.351 e. The fourth-order valence-corrected chi connectivity index (χ4v) is 2.85. The predicted octanol–water partition coefficient (Wildman–Crippen LogP) is 0.488. The van der Waals surface area contributed by atoms with Gasteiger partial charge in [0.25, 0.3) is 10.1 Å². The summed E-state index contributed by atoms with van der Waals surface area (Å²) in [7, 11) is -8.33. The first-order valence-electron chi connectivity index (χ1n) is 3.92. The summed E-state index contributed by atoms with van der Waals surface area (Å²) in [5.41, 5.74) is 0. The second-order valence-electron chi connectivity index (χ2n) is 3.15. The third-order valence-corrected chi connectivity index (χ3v) is 4.56. The molecule has 82 valence electrons. The van der Waals surface area contributed by atoms with Gasteiger partial charge in [-0.05, 0) is 19.3 Å². The highest BCUT2D eigenvalue weighted by Crippen LogP contribution is 2.49. The van der Waals surface area contributed by atoms with Crippen LogP contribution in [0.4, 0.5) is 0 Å². The van der Waals surface area contributed by atoms with Gasteiger partial charge in [0.2, 0.25) is 0 Å². The first kappa shape index (κ1) is 11.9. The molecule has 0 heterocycles. The minimum atomic E-state index is -4.24. The molecule has 0 aromatic heterocycles. The highest BCUT2D eigenvalue weighted by molar-refractivity contribution is 7.86. The lowest BCUT2D eigenvalue weighted by Gasteiger charge is -2.19. The van der Waals surface area contributed by atoms with Gasteiger partial charge in [-0.3, -0.25) is 9.12 Å². The van der Waals surface area contributed by atoms with Crippen molar-refractivity contribution in [2.75, 3.05) is 0 Å². The SMILES string of the molecule is O=P(O)(O)C1=CCC(S(=O)(=O)O)CC1. The molecule has 0 aromatic rings. The topological polar surface area (TPSA) is 112 Å². The van der Waals surface area contributed by atoms with E-state index in [1.54, 1.807) is 0 Å². The van der Waals surface area contributed by atoms with Crippen molar-refractivity contribution in [3.8, 4) is 0 Å². The molecule has 0 aliphatic heterocycles. The van der Waals surface area contributed by atoms with Crippen LogP contribution >= 0.6 is 7.60 Å². The van der Waals surface area contributed by atoms with Crippen molar-refractivity contribution >= 4 is 17.7 Å². The van der Waals surface area contributed by atoms with Crippen LogP contribution in [0.15, 0.2) is 11.4 Å². The molecule has 0 spiro atoms. The van der Waals surface area contributed by atoms with E-state index in [1.165, 1.54) is 6.08 Å². The second kappa shape index (κ2) is 3.75.